The largest absolute Gasteiger partial charge is 0.418 e. The fourth-order valence-electron chi connectivity index (χ4n) is 1.73. The number of hydrogen-bond donors (Lipinski definition) is 2. The Labute approximate surface area is 123 Å². The highest BCUT2D eigenvalue weighted by Gasteiger charge is 2.34. The summed E-state index contributed by atoms with van der Waals surface area (Å²) in [7, 11) is 0. The summed E-state index contributed by atoms with van der Waals surface area (Å²) in [6, 6.07) is 9.07. The van der Waals surface area contributed by atoms with E-state index in [2.05, 4.69) is 5.32 Å². The van der Waals surface area contributed by atoms with Crippen molar-refractivity contribution < 1.29 is 18.0 Å². The number of nitrogens with two attached hydrogens (primary N) is 1. The molecule has 110 valence electrons. The lowest BCUT2D eigenvalue weighted by atomic mass is 10.1. The molecule has 21 heavy (non-hydrogen) atoms. The second-order valence-corrected chi connectivity index (χ2v) is 4.70. The summed E-state index contributed by atoms with van der Waals surface area (Å²) in [6.07, 6.45) is -4.62. The zero-order chi connectivity index (χ0) is 15.6. The molecule has 1 amide bonds. The van der Waals surface area contributed by atoms with Gasteiger partial charge in [-0.3, -0.25) is 4.79 Å². The first kappa shape index (κ1) is 15.2. The number of hydrogen-bond acceptors (Lipinski definition) is 2. The van der Waals surface area contributed by atoms with Crippen molar-refractivity contribution in [2.24, 2.45) is 0 Å². The SMILES string of the molecule is Nc1cccc(C(=O)Nc2ccc(Cl)cc2C(F)(F)F)c1. The molecular weight excluding hydrogens is 305 g/mol. The van der Waals surface area contributed by atoms with E-state index in [1.165, 1.54) is 24.3 Å². The molecular formula is C14H10ClF3N2O. The predicted octanol–water partition coefficient (Wildman–Crippen LogP) is 4.19. The minimum atomic E-state index is -4.62. The lowest BCUT2D eigenvalue weighted by Gasteiger charge is -2.14. The highest BCUT2D eigenvalue weighted by atomic mass is 35.5. The van der Waals surface area contributed by atoms with Crippen LogP contribution in [0.4, 0.5) is 24.5 Å². The van der Waals surface area contributed by atoms with E-state index >= 15 is 0 Å². The van der Waals surface area contributed by atoms with Crippen molar-refractivity contribution in [3.8, 4) is 0 Å². The van der Waals surface area contributed by atoms with E-state index in [0.29, 0.717) is 5.69 Å². The van der Waals surface area contributed by atoms with Crippen LogP contribution in [0.1, 0.15) is 15.9 Å². The number of halogens is 4. The Morgan fingerprint density at radius 3 is 2.48 bits per heavy atom. The summed E-state index contributed by atoms with van der Waals surface area (Å²) in [4.78, 5) is 12.0. The van der Waals surface area contributed by atoms with Crippen LogP contribution in [-0.2, 0) is 6.18 Å². The standard InChI is InChI=1S/C14H10ClF3N2O/c15-9-4-5-12(11(7-9)14(16,17)18)20-13(21)8-2-1-3-10(19)6-8/h1-7H,19H2,(H,20,21). The average molecular weight is 315 g/mol. The Bertz CT molecular complexity index is 686. The van der Waals surface area contributed by atoms with Crippen molar-refractivity contribution in [3.05, 3.63) is 58.6 Å². The van der Waals surface area contributed by atoms with E-state index in [1.54, 1.807) is 6.07 Å². The normalized spacial score (nSPS) is 11.2. The summed E-state index contributed by atoms with van der Waals surface area (Å²) in [6.45, 7) is 0. The van der Waals surface area contributed by atoms with Crippen LogP contribution in [0.15, 0.2) is 42.5 Å². The number of rotatable bonds is 2. The molecule has 0 aromatic heterocycles. The number of anilines is 2. The summed E-state index contributed by atoms with van der Waals surface area (Å²) in [5.74, 6) is -0.685. The molecule has 0 aliphatic carbocycles. The number of alkyl halides is 3. The van der Waals surface area contributed by atoms with Gasteiger partial charge in [0.15, 0.2) is 0 Å². The van der Waals surface area contributed by atoms with Gasteiger partial charge in [-0.1, -0.05) is 17.7 Å². The van der Waals surface area contributed by atoms with Gasteiger partial charge in [-0.2, -0.15) is 13.2 Å². The topological polar surface area (TPSA) is 55.1 Å². The molecule has 3 N–H and O–H groups in total. The Morgan fingerprint density at radius 1 is 1.14 bits per heavy atom. The first-order chi connectivity index (χ1) is 9.77. The number of nitrogen functional groups attached to an aromatic ring is 1. The van der Waals surface area contributed by atoms with Crippen molar-refractivity contribution in [2.45, 2.75) is 6.18 Å². The highest BCUT2D eigenvalue weighted by Crippen LogP contribution is 2.36. The molecule has 0 saturated heterocycles. The molecule has 0 radical (unpaired) electrons. The van der Waals surface area contributed by atoms with E-state index in [-0.39, 0.29) is 16.3 Å². The maximum Gasteiger partial charge on any atom is 0.418 e. The van der Waals surface area contributed by atoms with E-state index < -0.39 is 17.6 Å². The number of benzene rings is 2. The van der Waals surface area contributed by atoms with Crippen LogP contribution in [0.3, 0.4) is 0 Å². The Balaban J connectivity index is 2.34. The van der Waals surface area contributed by atoms with Gasteiger partial charge in [0.2, 0.25) is 0 Å². The van der Waals surface area contributed by atoms with Gasteiger partial charge in [0.1, 0.15) is 0 Å². The Hall–Kier alpha value is -2.21. The molecule has 0 fully saturated rings. The van der Waals surface area contributed by atoms with Gasteiger partial charge in [0, 0.05) is 16.3 Å². The molecule has 3 nitrogen and oxygen atoms in total. The molecule has 0 aliphatic heterocycles. The monoisotopic (exact) mass is 314 g/mol. The van der Waals surface area contributed by atoms with E-state index in [0.717, 1.165) is 12.1 Å². The molecule has 0 saturated carbocycles. The van der Waals surface area contributed by atoms with E-state index in [9.17, 15) is 18.0 Å². The van der Waals surface area contributed by atoms with Crippen LogP contribution in [0.25, 0.3) is 0 Å². The van der Waals surface area contributed by atoms with Crippen molar-refractivity contribution in [2.75, 3.05) is 11.1 Å². The zero-order valence-corrected chi connectivity index (χ0v) is 11.3. The maximum absolute atomic E-state index is 12.9. The fourth-order valence-corrected chi connectivity index (χ4v) is 1.91. The summed E-state index contributed by atoms with van der Waals surface area (Å²) in [5, 5.41) is 2.15. The average Bonchev–Trinajstić information content (AvgIpc) is 2.39. The first-order valence-electron chi connectivity index (χ1n) is 5.81. The summed E-state index contributed by atoms with van der Waals surface area (Å²) in [5.41, 5.74) is 4.67. The molecule has 2 rings (SSSR count). The fraction of sp³-hybridized carbons (Fsp3) is 0.0714. The van der Waals surface area contributed by atoms with Crippen LogP contribution >= 0.6 is 11.6 Å². The zero-order valence-electron chi connectivity index (χ0n) is 10.5. The minimum absolute atomic E-state index is 0.0655. The molecule has 0 aliphatic rings. The Kier molecular flexibility index (Phi) is 4.09. The molecule has 7 heteroatoms. The van der Waals surface area contributed by atoms with Gasteiger partial charge >= 0.3 is 6.18 Å². The molecule has 0 unspecified atom stereocenters. The summed E-state index contributed by atoms with van der Waals surface area (Å²) < 4.78 is 38.7. The van der Waals surface area contributed by atoms with Crippen LogP contribution in [0.5, 0.6) is 0 Å². The molecule has 2 aromatic rings. The molecule has 0 heterocycles. The first-order valence-corrected chi connectivity index (χ1v) is 6.19. The lowest BCUT2D eigenvalue weighted by Crippen LogP contribution is -2.16. The van der Waals surface area contributed by atoms with Crippen LogP contribution in [0, 0.1) is 0 Å². The smallest absolute Gasteiger partial charge is 0.399 e. The van der Waals surface area contributed by atoms with Gasteiger partial charge in [-0.25, -0.2) is 0 Å². The van der Waals surface area contributed by atoms with E-state index in [1.807, 2.05) is 0 Å². The molecule has 0 spiro atoms. The molecule has 0 atom stereocenters. The third kappa shape index (κ3) is 3.66. The number of carbonyl (C=O) groups is 1. The minimum Gasteiger partial charge on any atom is -0.399 e. The van der Waals surface area contributed by atoms with Gasteiger partial charge in [-0.05, 0) is 36.4 Å². The van der Waals surface area contributed by atoms with Crippen LogP contribution in [-0.4, -0.2) is 5.91 Å². The van der Waals surface area contributed by atoms with Gasteiger partial charge in [0.05, 0.1) is 11.3 Å². The second kappa shape index (κ2) is 5.65. The molecule has 2 aromatic carbocycles. The highest BCUT2D eigenvalue weighted by molar-refractivity contribution is 6.30. The quantitative estimate of drug-likeness (QED) is 0.816. The van der Waals surface area contributed by atoms with Crippen molar-refractivity contribution in [3.63, 3.8) is 0 Å². The van der Waals surface area contributed by atoms with E-state index in [4.69, 9.17) is 17.3 Å². The third-order valence-electron chi connectivity index (χ3n) is 2.68. The predicted molar refractivity (Wildman–Crippen MR) is 75.3 cm³/mol. The number of carbonyl (C=O) groups excluding carboxylic acids is 1. The van der Waals surface area contributed by atoms with Crippen molar-refractivity contribution >= 4 is 28.9 Å². The van der Waals surface area contributed by atoms with Crippen molar-refractivity contribution in [1.29, 1.82) is 0 Å². The lowest BCUT2D eigenvalue weighted by molar-refractivity contribution is -0.136. The van der Waals surface area contributed by atoms with Crippen LogP contribution < -0.4 is 11.1 Å². The van der Waals surface area contributed by atoms with Crippen LogP contribution in [0.2, 0.25) is 5.02 Å². The Morgan fingerprint density at radius 2 is 1.86 bits per heavy atom. The van der Waals surface area contributed by atoms with Gasteiger partial charge in [0.25, 0.3) is 5.91 Å². The van der Waals surface area contributed by atoms with Gasteiger partial charge < -0.3 is 11.1 Å². The number of amides is 1. The second-order valence-electron chi connectivity index (χ2n) is 4.27. The van der Waals surface area contributed by atoms with Crippen molar-refractivity contribution in [1.82, 2.24) is 0 Å². The summed E-state index contributed by atoms with van der Waals surface area (Å²) >= 11 is 5.57. The number of nitrogens with one attached hydrogen (secondary N) is 1. The third-order valence-corrected chi connectivity index (χ3v) is 2.92. The molecule has 0 bridgehead atoms. The maximum atomic E-state index is 12.9. The van der Waals surface area contributed by atoms with Gasteiger partial charge in [-0.15, -0.1) is 0 Å².